The van der Waals surface area contributed by atoms with Crippen LogP contribution in [0.5, 0.6) is 0 Å². The smallest absolute Gasteiger partial charge is 0.415 e. The Kier molecular flexibility index (Phi) is 6.70. The highest BCUT2D eigenvalue weighted by Crippen LogP contribution is 2.41. The van der Waals surface area contributed by atoms with E-state index in [1.807, 2.05) is 30.3 Å². The normalized spacial score (nSPS) is 19.7. The monoisotopic (exact) mass is 517 g/mol. The Hall–Kier alpha value is -3.24. The van der Waals surface area contributed by atoms with Crippen LogP contribution in [-0.2, 0) is 19.1 Å². The second-order valence-corrected chi connectivity index (χ2v) is 10.7. The van der Waals surface area contributed by atoms with Crippen LogP contribution in [-0.4, -0.2) is 63.2 Å². The first-order chi connectivity index (χ1) is 16.5. The number of ether oxygens (including phenoxy) is 1. The average Bonchev–Trinajstić information content (AvgIpc) is 2.79. The summed E-state index contributed by atoms with van der Waals surface area (Å²) >= 11 is 7.25. The minimum absolute atomic E-state index is 0.0734. The molecular weight excluding hydrogens is 494 g/mol. The van der Waals surface area contributed by atoms with Gasteiger partial charge in [0.2, 0.25) is 5.91 Å². The molecule has 2 aliphatic heterocycles. The highest BCUT2D eigenvalue weighted by molar-refractivity contribution is 8.00. The van der Waals surface area contributed by atoms with E-state index in [1.54, 1.807) is 32.9 Å². The molecule has 2 aromatic rings. The number of carbonyl (C=O) groups is 4. The fourth-order valence-electron chi connectivity index (χ4n) is 3.87. The first-order valence-corrected chi connectivity index (χ1v) is 12.2. The summed E-state index contributed by atoms with van der Waals surface area (Å²) in [5.41, 5.74) is -0.591. The standard InChI is InChI=1S/C24H24ClN3O6S/c1-24(2,3)34-23(33)27(15-9-8-13-6-4-5-7-14(13)10-15)11-17(29)26-18-20(30)28-19(22(31)32)16(25)12-35-21(18)28/h4-10,18,21H,11-12H2,1-3H3,(H,26,29)(H,31,32)/t18?,21-/m0/s1. The first kappa shape index (κ1) is 24.9. The molecular formula is C24H24ClN3O6S. The van der Waals surface area contributed by atoms with Crippen LogP contribution >= 0.6 is 23.4 Å². The number of thioether (sulfide) groups is 1. The number of nitrogens with zero attached hydrogens (tertiary/aromatic N) is 2. The van der Waals surface area contributed by atoms with Gasteiger partial charge >= 0.3 is 12.1 Å². The van der Waals surface area contributed by atoms with Gasteiger partial charge < -0.3 is 15.2 Å². The van der Waals surface area contributed by atoms with Crippen LogP contribution in [0, 0.1) is 0 Å². The van der Waals surface area contributed by atoms with Crippen LogP contribution in [0.1, 0.15) is 20.8 Å². The first-order valence-electron chi connectivity index (χ1n) is 10.8. The van der Waals surface area contributed by atoms with E-state index < -0.39 is 47.4 Å². The largest absolute Gasteiger partial charge is 0.477 e. The van der Waals surface area contributed by atoms with Gasteiger partial charge in [0.25, 0.3) is 5.91 Å². The second-order valence-electron chi connectivity index (χ2n) is 9.11. The highest BCUT2D eigenvalue weighted by Gasteiger charge is 2.54. The van der Waals surface area contributed by atoms with Crippen molar-refractivity contribution in [2.24, 2.45) is 0 Å². The van der Waals surface area contributed by atoms with E-state index in [0.29, 0.717) is 5.69 Å². The number of anilines is 1. The summed E-state index contributed by atoms with van der Waals surface area (Å²) in [7, 11) is 0. The lowest BCUT2D eigenvalue weighted by Gasteiger charge is -2.48. The molecule has 4 rings (SSSR count). The maximum absolute atomic E-state index is 13.0. The summed E-state index contributed by atoms with van der Waals surface area (Å²) in [6, 6.07) is 12.0. The molecule has 2 aliphatic rings. The molecule has 0 radical (unpaired) electrons. The molecule has 2 N–H and O–H groups in total. The van der Waals surface area contributed by atoms with Gasteiger partial charge in [-0.1, -0.05) is 41.9 Å². The Bertz CT molecular complexity index is 1260. The third-order valence-corrected chi connectivity index (χ3v) is 7.15. The number of hydrogen-bond acceptors (Lipinski definition) is 6. The molecule has 0 bridgehead atoms. The van der Waals surface area contributed by atoms with Crippen LogP contribution in [0.4, 0.5) is 10.5 Å². The third-order valence-electron chi connectivity index (χ3n) is 5.40. The number of amides is 3. The summed E-state index contributed by atoms with van der Waals surface area (Å²) in [4.78, 5) is 52.4. The van der Waals surface area contributed by atoms with Crippen LogP contribution in [0.3, 0.4) is 0 Å². The van der Waals surface area contributed by atoms with Crippen LogP contribution in [0.15, 0.2) is 53.2 Å². The molecule has 3 amide bonds. The molecule has 2 heterocycles. The lowest BCUT2D eigenvalue weighted by molar-refractivity contribution is -0.150. The molecule has 9 nitrogen and oxygen atoms in total. The molecule has 35 heavy (non-hydrogen) atoms. The Morgan fingerprint density at radius 1 is 1.20 bits per heavy atom. The van der Waals surface area contributed by atoms with Crippen LogP contribution in [0.2, 0.25) is 0 Å². The van der Waals surface area contributed by atoms with E-state index in [-0.39, 0.29) is 16.5 Å². The highest BCUT2D eigenvalue weighted by atomic mass is 35.5. The molecule has 0 aromatic heterocycles. The zero-order chi connectivity index (χ0) is 25.5. The van der Waals surface area contributed by atoms with Crippen molar-refractivity contribution >= 4 is 63.7 Å². The number of hydrogen-bond donors (Lipinski definition) is 2. The minimum Gasteiger partial charge on any atom is -0.477 e. The molecule has 11 heteroatoms. The van der Waals surface area contributed by atoms with Crippen molar-refractivity contribution < 1.29 is 29.0 Å². The van der Waals surface area contributed by atoms with Gasteiger partial charge in [-0.25, -0.2) is 9.59 Å². The molecule has 0 saturated carbocycles. The average molecular weight is 518 g/mol. The van der Waals surface area contributed by atoms with E-state index in [9.17, 15) is 24.3 Å². The molecule has 0 spiro atoms. The van der Waals surface area contributed by atoms with E-state index in [1.165, 1.54) is 16.7 Å². The number of carboxylic acid groups (broad SMARTS) is 1. The number of fused-ring (bicyclic) bond motifs is 2. The third kappa shape index (κ3) is 5.08. The summed E-state index contributed by atoms with van der Waals surface area (Å²) < 4.78 is 5.51. The number of aliphatic carboxylic acids is 1. The zero-order valence-electron chi connectivity index (χ0n) is 19.3. The number of benzene rings is 2. The van der Waals surface area contributed by atoms with Gasteiger partial charge in [-0.05, 0) is 43.7 Å². The van der Waals surface area contributed by atoms with E-state index in [0.717, 1.165) is 15.7 Å². The van der Waals surface area contributed by atoms with Crippen molar-refractivity contribution in [2.75, 3.05) is 17.2 Å². The SMILES string of the molecule is CC(C)(C)OC(=O)N(CC(=O)NC1C(=O)N2C(C(=O)O)=C(Cl)CS[C@@H]12)c1ccc2ccccc2c1. The number of halogens is 1. The Morgan fingerprint density at radius 2 is 1.89 bits per heavy atom. The number of carbonyl (C=O) groups excluding carboxylic acids is 3. The van der Waals surface area contributed by atoms with Gasteiger partial charge in [0.05, 0.1) is 5.03 Å². The lowest BCUT2D eigenvalue weighted by atomic mass is 10.0. The van der Waals surface area contributed by atoms with Gasteiger partial charge in [-0.3, -0.25) is 19.4 Å². The summed E-state index contributed by atoms with van der Waals surface area (Å²) in [5.74, 6) is -2.24. The zero-order valence-corrected chi connectivity index (χ0v) is 20.9. The van der Waals surface area contributed by atoms with E-state index in [2.05, 4.69) is 5.32 Å². The molecule has 184 valence electrons. The van der Waals surface area contributed by atoms with Gasteiger partial charge in [0, 0.05) is 11.4 Å². The summed E-state index contributed by atoms with van der Waals surface area (Å²) in [6.07, 6.45) is -0.709. The lowest BCUT2D eigenvalue weighted by Crippen LogP contribution is -2.71. The maximum atomic E-state index is 13.0. The molecule has 0 aliphatic carbocycles. The second kappa shape index (κ2) is 9.43. The van der Waals surface area contributed by atoms with Crippen LogP contribution < -0.4 is 10.2 Å². The summed E-state index contributed by atoms with van der Waals surface area (Å²) in [6.45, 7) is 4.79. The maximum Gasteiger partial charge on any atom is 0.415 e. The number of carboxylic acids is 1. The quantitative estimate of drug-likeness (QED) is 0.583. The van der Waals surface area contributed by atoms with E-state index >= 15 is 0 Å². The number of nitrogens with one attached hydrogen (secondary N) is 1. The van der Waals surface area contributed by atoms with Crippen molar-refractivity contribution in [1.29, 1.82) is 0 Å². The molecule has 2 aromatic carbocycles. The predicted octanol–water partition coefficient (Wildman–Crippen LogP) is 3.52. The summed E-state index contributed by atoms with van der Waals surface area (Å²) in [5, 5.41) is 13.4. The van der Waals surface area contributed by atoms with Gasteiger partial charge in [-0.15, -0.1) is 11.8 Å². The van der Waals surface area contributed by atoms with Crippen LogP contribution in [0.25, 0.3) is 10.8 Å². The van der Waals surface area contributed by atoms with Gasteiger partial charge in [0.1, 0.15) is 29.3 Å². The van der Waals surface area contributed by atoms with Gasteiger partial charge in [0.15, 0.2) is 0 Å². The molecule has 1 saturated heterocycles. The Balaban J connectivity index is 1.53. The number of rotatable bonds is 5. The van der Waals surface area contributed by atoms with Crippen molar-refractivity contribution in [2.45, 2.75) is 37.8 Å². The Labute approximate surface area is 211 Å². The molecule has 1 fully saturated rings. The van der Waals surface area contributed by atoms with Crippen molar-refractivity contribution in [3.63, 3.8) is 0 Å². The molecule has 1 unspecified atom stereocenters. The minimum atomic E-state index is -1.30. The predicted molar refractivity (Wildman–Crippen MR) is 133 cm³/mol. The fourth-order valence-corrected chi connectivity index (χ4v) is 5.42. The van der Waals surface area contributed by atoms with Crippen molar-refractivity contribution in [3.8, 4) is 0 Å². The van der Waals surface area contributed by atoms with Gasteiger partial charge in [-0.2, -0.15) is 0 Å². The number of β-lactam (4-membered cyclic amide) rings is 1. The Morgan fingerprint density at radius 3 is 2.54 bits per heavy atom. The van der Waals surface area contributed by atoms with E-state index in [4.69, 9.17) is 16.3 Å². The molecule has 2 atom stereocenters. The fraction of sp³-hybridized carbons (Fsp3) is 0.333. The topological polar surface area (TPSA) is 116 Å². The van der Waals surface area contributed by atoms with Crippen molar-refractivity contribution in [1.82, 2.24) is 10.2 Å². The van der Waals surface area contributed by atoms with Crippen molar-refractivity contribution in [3.05, 3.63) is 53.2 Å².